The number of benzene rings is 1. The second-order valence-corrected chi connectivity index (χ2v) is 8.08. The first kappa shape index (κ1) is 25.2. The fourth-order valence-corrected chi connectivity index (χ4v) is 4.04. The van der Waals surface area contributed by atoms with Crippen LogP contribution >= 0.6 is 24.0 Å². The molecule has 0 saturated carbocycles. The van der Waals surface area contributed by atoms with Crippen LogP contribution in [-0.2, 0) is 4.74 Å². The van der Waals surface area contributed by atoms with E-state index in [9.17, 15) is 0 Å². The molecule has 1 aromatic rings. The number of hydrogen-bond donors (Lipinski definition) is 2. The monoisotopic (exact) mass is 529 g/mol. The minimum Gasteiger partial charge on any atom is -0.379 e. The van der Waals surface area contributed by atoms with Crippen molar-refractivity contribution in [3.05, 3.63) is 29.8 Å². The molecule has 1 atom stereocenters. The third-order valence-corrected chi connectivity index (χ3v) is 5.79. The zero-order chi connectivity index (χ0) is 20.3. The summed E-state index contributed by atoms with van der Waals surface area (Å²) in [7, 11) is 0. The summed E-state index contributed by atoms with van der Waals surface area (Å²) in [6.07, 6.45) is 4.92. The van der Waals surface area contributed by atoms with E-state index in [-0.39, 0.29) is 30.0 Å². The van der Waals surface area contributed by atoms with E-state index in [1.807, 2.05) is 0 Å². The van der Waals surface area contributed by atoms with Gasteiger partial charge in [-0.25, -0.2) is 0 Å². The highest BCUT2D eigenvalue weighted by molar-refractivity contribution is 14.0. The maximum absolute atomic E-state index is 5.41. The Labute approximate surface area is 199 Å². The van der Waals surface area contributed by atoms with Crippen LogP contribution in [0.5, 0.6) is 0 Å². The molecule has 0 aromatic heterocycles. The van der Waals surface area contributed by atoms with Crippen molar-refractivity contribution in [2.45, 2.75) is 45.6 Å². The number of rotatable bonds is 9. The second kappa shape index (κ2) is 14.1. The van der Waals surface area contributed by atoms with Crippen LogP contribution in [0.3, 0.4) is 0 Å². The zero-order valence-electron chi connectivity index (χ0n) is 18.7. The van der Waals surface area contributed by atoms with E-state index in [1.54, 1.807) is 0 Å². The molecule has 6 nitrogen and oxygen atoms in total. The normalized spacial score (nSPS) is 18.7. The Bertz CT molecular complexity index is 630. The zero-order valence-corrected chi connectivity index (χ0v) is 21.1. The lowest BCUT2D eigenvalue weighted by atomic mass is 10.1. The fourth-order valence-electron chi connectivity index (χ4n) is 4.04. The number of guanidine groups is 1. The maximum atomic E-state index is 5.41. The van der Waals surface area contributed by atoms with Gasteiger partial charge in [-0.1, -0.05) is 12.1 Å². The van der Waals surface area contributed by atoms with Crippen molar-refractivity contribution in [1.29, 1.82) is 0 Å². The lowest BCUT2D eigenvalue weighted by Crippen LogP contribution is -2.39. The standard InChI is InChI=1S/C23H39N5O.HI/c1-3-24-23(25-11-4-5-12-27-15-17-29-18-16-27)26-20(2)21-9-8-10-22(19-21)28-13-6-7-14-28;/h8-10,19-20H,3-7,11-18H2,1-2H3,(H2,24,25,26);1H. The van der Waals surface area contributed by atoms with Gasteiger partial charge in [0.15, 0.2) is 5.96 Å². The first-order valence-corrected chi connectivity index (χ1v) is 11.5. The molecule has 0 amide bonds. The Hall–Kier alpha value is -1.06. The summed E-state index contributed by atoms with van der Waals surface area (Å²) in [4.78, 5) is 9.78. The van der Waals surface area contributed by atoms with Gasteiger partial charge in [-0.05, 0) is 63.8 Å². The van der Waals surface area contributed by atoms with Crippen LogP contribution in [0.2, 0.25) is 0 Å². The highest BCUT2D eigenvalue weighted by Gasteiger charge is 2.14. The first-order chi connectivity index (χ1) is 14.3. The molecule has 0 aliphatic carbocycles. The molecule has 1 unspecified atom stereocenters. The topological polar surface area (TPSA) is 52.1 Å². The SMILES string of the molecule is CCNC(=NCCCCN1CCOCC1)NC(C)c1cccc(N2CCCC2)c1.I. The largest absolute Gasteiger partial charge is 0.379 e. The molecule has 1 aromatic carbocycles. The quantitative estimate of drug-likeness (QED) is 0.222. The van der Waals surface area contributed by atoms with Crippen LogP contribution in [0.15, 0.2) is 29.3 Å². The lowest BCUT2D eigenvalue weighted by Gasteiger charge is -2.26. The number of ether oxygens (including phenoxy) is 1. The summed E-state index contributed by atoms with van der Waals surface area (Å²) in [6.45, 7) is 13.5. The van der Waals surface area contributed by atoms with Gasteiger partial charge >= 0.3 is 0 Å². The molecule has 3 rings (SSSR count). The van der Waals surface area contributed by atoms with Crippen molar-refractivity contribution >= 4 is 35.6 Å². The number of nitrogens with one attached hydrogen (secondary N) is 2. The molecule has 2 saturated heterocycles. The van der Waals surface area contributed by atoms with Crippen LogP contribution in [0.4, 0.5) is 5.69 Å². The number of morpholine rings is 1. The molecule has 0 radical (unpaired) electrons. The Balaban J connectivity index is 0.00000320. The second-order valence-electron chi connectivity index (χ2n) is 8.08. The number of anilines is 1. The molecule has 0 bridgehead atoms. The van der Waals surface area contributed by atoms with Crippen molar-refractivity contribution in [2.24, 2.45) is 4.99 Å². The van der Waals surface area contributed by atoms with Crippen molar-refractivity contribution < 1.29 is 4.74 Å². The summed E-state index contributed by atoms with van der Waals surface area (Å²) >= 11 is 0. The summed E-state index contributed by atoms with van der Waals surface area (Å²) in [5, 5.41) is 6.98. The summed E-state index contributed by atoms with van der Waals surface area (Å²) in [5.74, 6) is 0.915. The lowest BCUT2D eigenvalue weighted by molar-refractivity contribution is 0.0373. The number of hydrogen-bond acceptors (Lipinski definition) is 4. The Kier molecular flexibility index (Phi) is 11.8. The number of nitrogens with zero attached hydrogens (tertiary/aromatic N) is 3. The molecule has 0 spiro atoms. The van der Waals surface area contributed by atoms with Gasteiger partial charge in [0.05, 0.1) is 19.3 Å². The maximum Gasteiger partial charge on any atom is 0.191 e. The molecule has 30 heavy (non-hydrogen) atoms. The highest BCUT2D eigenvalue weighted by atomic mass is 127. The van der Waals surface area contributed by atoms with Gasteiger partial charge in [0.1, 0.15) is 0 Å². The summed E-state index contributed by atoms with van der Waals surface area (Å²) in [6, 6.07) is 9.17. The van der Waals surface area contributed by atoms with Crippen LogP contribution in [0.1, 0.15) is 51.1 Å². The van der Waals surface area contributed by atoms with Crippen LogP contribution in [0, 0.1) is 0 Å². The third kappa shape index (κ3) is 8.23. The van der Waals surface area contributed by atoms with Crippen molar-refractivity contribution in [3.8, 4) is 0 Å². The van der Waals surface area contributed by atoms with Crippen molar-refractivity contribution in [3.63, 3.8) is 0 Å². The van der Waals surface area contributed by atoms with Crippen molar-refractivity contribution in [2.75, 3.05) is 63.9 Å². The molecule has 7 heteroatoms. The van der Waals surface area contributed by atoms with E-state index in [0.717, 1.165) is 58.3 Å². The average Bonchev–Trinajstić information content (AvgIpc) is 3.29. The Morgan fingerprint density at radius 2 is 1.90 bits per heavy atom. The molecular weight excluding hydrogens is 489 g/mol. The molecule has 2 aliphatic heterocycles. The first-order valence-electron chi connectivity index (χ1n) is 11.5. The predicted octanol–water partition coefficient (Wildman–Crippen LogP) is 3.63. The van der Waals surface area contributed by atoms with E-state index in [1.165, 1.54) is 43.6 Å². The van der Waals surface area contributed by atoms with Gasteiger partial charge in [0.2, 0.25) is 0 Å². The Morgan fingerprint density at radius 1 is 1.13 bits per heavy atom. The van der Waals surface area contributed by atoms with Gasteiger partial charge in [0.25, 0.3) is 0 Å². The minimum atomic E-state index is 0. The predicted molar refractivity (Wildman–Crippen MR) is 137 cm³/mol. The van der Waals surface area contributed by atoms with Crippen LogP contribution in [-0.4, -0.2) is 69.9 Å². The van der Waals surface area contributed by atoms with Gasteiger partial charge in [-0.15, -0.1) is 24.0 Å². The minimum absolute atomic E-state index is 0. The molecule has 2 N–H and O–H groups in total. The molecule has 2 fully saturated rings. The number of aliphatic imine (C=N–C) groups is 1. The highest BCUT2D eigenvalue weighted by Crippen LogP contribution is 2.23. The smallest absolute Gasteiger partial charge is 0.191 e. The van der Waals surface area contributed by atoms with Gasteiger partial charge < -0.3 is 20.3 Å². The van der Waals surface area contributed by atoms with E-state index in [0.29, 0.717) is 0 Å². The summed E-state index contributed by atoms with van der Waals surface area (Å²) in [5.41, 5.74) is 2.66. The molecule has 2 aliphatic rings. The van der Waals surface area contributed by atoms with Crippen molar-refractivity contribution in [1.82, 2.24) is 15.5 Å². The average molecular weight is 530 g/mol. The van der Waals surface area contributed by atoms with Crippen LogP contribution in [0.25, 0.3) is 0 Å². The van der Waals surface area contributed by atoms with Gasteiger partial charge in [-0.3, -0.25) is 9.89 Å². The van der Waals surface area contributed by atoms with E-state index in [4.69, 9.17) is 9.73 Å². The molecule has 2 heterocycles. The van der Waals surface area contributed by atoms with Crippen LogP contribution < -0.4 is 15.5 Å². The Morgan fingerprint density at radius 3 is 2.63 bits per heavy atom. The van der Waals surface area contributed by atoms with E-state index in [2.05, 4.69) is 58.5 Å². The number of unbranched alkanes of at least 4 members (excludes halogenated alkanes) is 1. The number of halogens is 1. The summed E-state index contributed by atoms with van der Waals surface area (Å²) < 4.78 is 5.41. The molecular formula is C23H40IN5O. The fraction of sp³-hybridized carbons (Fsp3) is 0.696. The van der Waals surface area contributed by atoms with E-state index >= 15 is 0 Å². The van der Waals surface area contributed by atoms with Gasteiger partial charge in [-0.2, -0.15) is 0 Å². The van der Waals surface area contributed by atoms with Gasteiger partial charge in [0, 0.05) is 45.0 Å². The molecule has 170 valence electrons. The van der Waals surface area contributed by atoms with E-state index < -0.39 is 0 Å². The third-order valence-electron chi connectivity index (χ3n) is 5.79.